The van der Waals surface area contributed by atoms with Gasteiger partial charge in [-0.1, -0.05) is 35.2 Å². The minimum atomic E-state index is 0.417. The van der Waals surface area contributed by atoms with Gasteiger partial charge in [-0.15, -0.1) is 0 Å². The Kier molecular flexibility index (Phi) is 3.75. The lowest BCUT2D eigenvalue weighted by Crippen LogP contribution is -2.46. The molecule has 1 aromatic carbocycles. The van der Waals surface area contributed by atoms with Crippen LogP contribution in [0.25, 0.3) is 10.8 Å². The first-order valence-electron chi connectivity index (χ1n) is 6.91. The Morgan fingerprint density at radius 2 is 1.56 bits per heavy atom. The third-order valence-corrected chi connectivity index (χ3v) is 3.69. The number of aryl methyl sites for hydroxylation is 1. The van der Waals surface area contributed by atoms with E-state index in [1.54, 1.807) is 0 Å². The van der Waals surface area contributed by atoms with Crippen molar-refractivity contribution in [2.24, 2.45) is 0 Å². The second-order valence-corrected chi connectivity index (χ2v) is 5.73. The Hall–Kier alpha value is -1.31. The van der Waals surface area contributed by atoms with E-state index < -0.39 is 0 Å². The molecule has 1 nitrogen and oxygen atoms in total. The van der Waals surface area contributed by atoms with Gasteiger partial charge in [0.15, 0.2) is 0 Å². The summed E-state index contributed by atoms with van der Waals surface area (Å²) < 4.78 is 0. The smallest absolute Gasteiger partial charge is 0.0189 e. The standard InChI is InChI=1S/C16H23BN/c1-12(2)18(13(3)4)17-10-14(5)16-9-7-6-8-15(16)11-17/h6-13H,1-5H3/q-1. The number of hydrogen-bond donors (Lipinski definition) is 0. The molecule has 0 aliphatic heterocycles. The lowest BCUT2D eigenvalue weighted by atomic mass is 9.71. The van der Waals surface area contributed by atoms with Crippen molar-refractivity contribution in [3.8, 4) is 0 Å². The van der Waals surface area contributed by atoms with E-state index in [0.29, 0.717) is 18.6 Å². The van der Waals surface area contributed by atoms with Crippen LogP contribution in [0.3, 0.4) is 0 Å². The fraction of sp³-hybridized carbons (Fsp3) is 0.438. The molecule has 2 heteroatoms. The maximum atomic E-state index is 2.56. The Morgan fingerprint density at radius 3 is 2.17 bits per heavy atom. The van der Waals surface area contributed by atoms with Gasteiger partial charge in [0.1, 0.15) is 0 Å². The average molecular weight is 240 g/mol. The van der Waals surface area contributed by atoms with E-state index in [0.717, 1.165) is 0 Å². The van der Waals surface area contributed by atoms with Crippen LogP contribution in [0.15, 0.2) is 36.2 Å². The summed E-state index contributed by atoms with van der Waals surface area (Å²) >= 11 is 0. The third-order valence-electron chi connectivity index (χ3n) is 3.69. The van der Waals surface area contributed by atoms with Crippen LogP contribution in [0, 0.1) is 6.92 Å². The predicted molar refractivity (Wildman–Crippen MR) is 83.1 cm³/mol. The first-order valence-corrected chi connectivity index (χ1v) is 6.91. The van der Waals surface area contributed by atoms with Gasteiger partial charge in [0.05, 0.1) is 0 Å². The molecule has 2 rings (SSSR count). The molecule has 1 aromatic heterocycles. The van der Waals surface area contributed by atoms with E-state index in [-0.39, 0.29) is 0 Å². The van der Waals surface area contributed by atoms with Crippen LogP contribution in [-0.2, 0) is 0 Å². The van der Waals surface area contributed by atoms with Gasteiger partial charge >= 0.3 is 0 Å². The van der Waals surface area contributed by atoms with Crippen molar-refractivity contribution in [1.29, 1.82) is 0 Å². The highest BCUT2D eigenvalue weighted by molar-refractivity contribution is 6.55. The Labute approximate surface area is 111 Å². The van der Waals surface area contributed by atoms with E-state index >= 15 is 0 Å². The monoisotopic (exact) mass is 240 g/mol. The minimum Gasteiger partial charge on any atom is -0.579 e. The summed E-state index contributed by atoms with van der Waals surface area (Å²) in [6.07, 6.45) is 0. The molecule has 2 aromatic rings. The third kappa shape index (κ3) is 2.43. The lowest BCUT2D eigenvalue weighted by Gasteiger charge is -2.44. The van der Waals surface area contributed by atoms with Crippen LogP contribution >= 0.6 is 0 Å². The summed E-state index contributed by atoms with van der Waals surface area (Å²) in [6.45, 7) is 11.7. The Bertz CT molecular complexity index is 538. The van der Waals surface area contributed by atoms with E-state index in [2.05, 4.69) is 75.6 Å². The molecule has 18 heavy (non-hydrogen) atoms. The average Bonchev–Trinajstić information content (AvgIpc) is 2.28. The molecule has 0 amide bonds. The first kappa shape index (κ1) is 13.1. The summed E-state index contributed by atoms with van der Waals surface area (Å²) in [6, 6.07) is 9.79. The van der Waals surface area contributed by atoms with Gasteiger partial charge in [0.2, 0.25) is 0 Å². The van der Waals surface area contributed by atoms with E-state index in [1.165, 1.54) is 16.3 Å². The van der Waals surface area contributed by atoms with Gasteiger partial charge in [-0.3, -0.25) is 0 Å². The summed E-state index contributed by atoms with van der Waals surface area (Å²) in [7, 11) is 0. The summed E-state index contributed by atoms with van der Waals surface area (Å²) in [5, 5.41) is 2.75. The van der Waals surface area contributed by atoms with E-state index in [4.69, 9.17) is 0 Å². The topological polar surface area (TPSA) is 3.24 Å². The van der Waals surface area contributed by atoms with Gasteiger partial charge in [-0.25, -0.2) is 11.9 Å². The molecule has 0 unspecified atom stereocenters. The lowest BCUT2D eigenvalue weighted by molar-refractivity contribution is 0.640. The van der Waals surface area contributed by atoms with Crippen LogP contribution in [0.5, 0.6) is 0 Å². The molecule has 96 valence electrons. The zero-order chi connectivity index (χ0) is 13.3. The molecule has 0 N–H and O–H groups in total. The van der Waals surface area contributed by atoms with Crippen LogP contribution in [-0.4, -0.2) is 18.6 Å². The number of hydrogen-bond acceptors (Lipinski definition) is 1. The van der Waals surface area contributed by atoms with Crippen molar-refractivity contribution in [1.82, 2.24) is 0 Å². The van der Waals surface area contributed by atoms with Gasteiger partial charge < -0.3 is 4.81 Å². The molecule has 0 saturated carbocycles. The Morgan fingerprint density at radius 1 is 0.944 bits per heavy atom. The quantitative estimate of drug-likeness (QED) is 0.785. The summed E-state index contributed by atoms with van der Waals surface area (Å²) in [4.78, 5) is 2.56. The van der Waals surface area contributed by atoms with Crippen LogP contribution in [0.2, 0.25) is 0 Å². The molecule has 0 bridgehead atoms. The normalized spacial score (nSPS) is 11.5. The summed E-state index contributed by atoms with van der Waals surface area (Å²) in [5.74, 6) is 4.78. The maximum Gasteiger partial charge on any atom is -0.0189 e. The number of rotatable bonds is 3. The number of benzene rings is 1. The van der Waals surface area contributed by atoms with Crippen LogP contribution in [0.4, 0.5) is 0 Å². The second kappa shape index (κ2) is 5.13. The minimum absolute atomic E-state index is 0.417. The van der Waals surface area contributed by atoms with E-state index in [1.807, 2.05) is 0 Å². The highest BCUT2D eigenvalue weighted by atomic mass is 15.1. The molecular formula is C16H23BN-. The largest absolute Gasteiger partial charge is 0.579 e. The zero-order valence-corrected chi connectivity index (χ0v) is 12.1. The van der Waals surface area contributed by atoms with Crippen molar-refractivity contribution in [2.45, 2.75) is 46.7 Å². The second-order valence-electron chi connectivity index (χ2n) is 5.73. The highest BCUT2D eigenvalue weighted by Crippen LogP contribution is 2.18. The first-order chi connectivity index (χ1) is 8.50. The van der Waals surface area contributed by atoms with Crippen LogP contribution < -0.4 is 4.81 Å². The molecule has 0 saturated heterocycles. The van der Waals surface area contributed by atoms with E-state index in [9.17, 15) is 0 Å². The molecule has 1 heterocycles. The van der Waals surface area contributed by atoms with Gasteiger partial charge in [0.25, 0.3) is 0 Å². The molecule has 0 aliphatic carbocycles. The molecule has 0 atom stereocenters. The molecule has 0 aliphatic rings. The molecule has 0 fully saturated rings. The predicted octanol–water partition coefficient (Wildman–Crippen LogP) is 3.93. The number of fused-ring (bicyclic) bond motifs is 1. The van der Waals surface area contributed by atoms with Crippen molar-refractivity contribution < 1.29 is 0 Å². The van der Waals surface area contributed by atoms with Gasteiger partial charge in [-0.05, 0) is 58.6 Å². The van der Waals surface area contributed by atoms with Gasteiger partial charge in [-0.2, -0.15) is 0 Å². The van der Waals surface area contributed by atoms with Crippen molar-refractivity contribution in [2.75, 3.05) is 4.81 Å². The fourth-order valence-electron chi connectivity index (χ4n) is 3.04. The fourth-order valence-corrected chi connectivity index (χ4v) is 3.04. The van der Waals surface area contributed by atoms with Crippen molar-refractivity contribution in [3.05, 3.63) is 41.8 Å². The van der Waals surface area contributed by atoms with Gasteiger partial charge in [0, 0.05) is 0 Å². The molecule has 0 spiro atoms. The SMILES string of the molecule is Cc1c[b-](N(C(C)C)C(C)C)cc2ccccc12. The molecule has 0 radical (unpaired) electrons. The van der Waals surface area contributed by atoms with Crippen molar-refractivity contribution in [3.63, 3.8) is 0 Å². The zero-order valence-electron chi connectivity index (χ0n) is 12.1. The maximum absolute atomic E-state index is 2.56. The highest BCUT2D eigenvalue weighted by Gasteiger charge is 2.06. The van der Waals surface area contributed by atoms with Crippen molar-refractivity contribution >= 4 is 17.3 Å². The molecular weight excluding hydrogens is 217 g/mol. The Balaban J connectivity index is 2.58. The summed E-state index contributed by atoms with van der Waals surface area (Å²) in [5.41, 5.74) is 1.39. The van der Waals surface area contributed by atoms with Crippen LogP contribution in [0.1, 0.15) is 33.3 Å². The number of nitrogens with zero attached hydrogens (tertiary/aromatic N) is 1.